The Kier molecular flexibility index (Phi) is 5.14. The van der Waals surface area contributed by atoms with E-state index in [0.717, 1.165) is 6.20 Å². The number of rotatable bonds is 4. The van der Waals surface area contributed by atoms with E-state index in [2.05, 4.69) is 29.8 Å². The minimum atomic E-state index is -3.70. The van der Waals surface area contributed by atoms with Crippen LogP contribution in [0.2, 0.25) is 0 Å². The zero-order chi connectivity index (χ0) is 20.5. The van der Waals surface area contributed by atoms with Crippen molar-refractivity contribution in [2.75, 3.05) is 12.4 Å². The van der Waals surface area contributed by atoms with E-state index in [1.54, 1.807) is 6.92 Å². The van der Waals surface area contributed by atoms with Crippen LogP contribution in [-0.2, 0) is 4.79 Å². The number of halogens is 3. The van der Waals surface area contributed by atoms with Gasteiger partial charge < -0.3 is 20.5 Å². The number of aliphatic imine (C=N–C) groups is 1. The molecular formula is C17H14ClF2N5O3. The van der Waals surface area contributed by atoms with Crippen molar-refractivity contribution in [2.45, 2.75) is 13.2 Å². The topological polar surface area (TPSA) is 112 Å². The average Bonchev–Trinajstić information content (AvgIpc) is 2.94. The minimum absolute atomic E-state index is 0.0163. The summed E-state index contributed by atoms with van der Waals surface area (Å²) in [7, 11) is 1.39. The van der Waals surface area contributed by atoms with Gasteiger partial charge in [0.15, 0.2) is 17.3 Å². The predicted molar refractivity (Wildman–Crippen MR) is 98.5 cm³/mol. The lowest BCUT2D eigenvalue weighted by Gasteiger charge is -2.08. The Bertz CT molecular complexity index is 993. The molecule has 1 aromatic carbocycles. The molecule has 0 fully saturated rings. The third kappa shape index (κ3) is 3.86. The predicted octanol–water partition coefficient (Wildman–Crippen LogP) is 2.82. The largest absolute Gasteiger partial charge is 0.586 e. The second kappa shape index (κ2) is 7.39. The highest BCUT2D eigenvalue weighted by molar-refractivity contribution is 6.61. The smallest absolute Gasteiger partial charge is 0.403 e. The van der Waals surface area contributed by atoms with Crippen LogP contribution in [-0.4, -0.2) is 34.9 Å². The van der Waals surface area contributed by atoms with E-state index in [1.807, 2.05) is 0 Å². The Balaban J connectivity index is 1.82. The zero-order valence-corrected chi connectivity index (χ0v) is 15.4. The molecule has 1 aliphatic rings. The summed E-state index contributed by atoms with van der Waals surface area (Å²) in [6.07, 6.45) is 0.0236. The zero-order valence-electron chi connectivity index (χ0n) is 14.7. The van der Waals surface area contributed by atoms with Crippen molar-refractivity contribution in [2.24, 2.45) is 10.7 Å². The Hall–Kier alpha value is -3.27. The summed E-state index contributed by atoms with van der Waals surface area (Å²) < 4.78 is 35.3. The van der Waals surface area contributed by atoms with Crippen LogP contribution in [0, 0.1) is 6.92 Å². The number of anilines is 1. The molecule has 2 aromatic rings. The Morgan fingerprint density at radius 2 is 1.96 bits per heavy atom. The Morgan fingerprint density at radius 1 is 1.29 bits per heavy atom. The summed E-state index contributed by atoms with van der Waals surface area (Å²) in [5.41, 5.74) is 6.76. The number of alkyl halides is 2. The molecule has 1 amide bonds. The van der Waals surface area contributed by atoms with Gasteiger partial charge in [-0.25, -0.2) is 4.98 Å². The fraction of sp³-hybridized carbons (Fsp3) is 0.176. The monoisotopic (exact) mass is 409 g/mol. The van der Waals surface area contributed by atoms with E-state index in [9.17, 15) is 13.6 Å². The van der Waals surface area contributed by atoms with Crippen molar-refractivity contribution in [3.05, 3.63) is 41.3 Å². The van der Waals surface area contributed by atoms with Crippen LogP contribution in [0.1, 0.15) is 5.56 Å². The van der Waals surface area contributed by atoms with Crippen molar-refractivity contribution in [1.82, 2.24) is 9.97 Å². The van der Waals surface area contributed by atoms with Crippen molar-refractivity contribution < 1.29 is 23.0 Å². The number of nitrogens with two attached hydrogens (primary N) is 1. The van der Waals surface area contributed by atoms with E-state index in [-0.39, 0.29) is 28.1 Å². The van der Waals surface area contributed by atoms with E-state index in [1.165, 1.54) is 31.6 Å². The van der Waals surface area contributed by atoms with Crippen LogP contribution in [0.3, 0.4) is 0 Å². The van der Waals surface area contributed by atoms with Gasteiger partial charge in [0, 0.05) is 18.8 Å². The minimum Gasteiger partial charge on any atom is -0.403 e. The molecule has 0 bridgehead atoms. The maximum absolute atomic E-state index is 13.2. The summed E-state index contributed by atoms with van der Waals surface area (Å²) >= 11 is 5.81. The highest BCUT2D eigenvalue weighted by atomic mass is 35.5. The van der Waals surface area contributed by atoms with Gasteiger partial charge in [0.1, 0.15) is 5.71 Å². The molecule has 11 heteroatoms. The molecule has 28 heavy (non-hydrogen) atoms. The molecule has 0 saturated carbocycles. The number of aryl methyl sites for hydroxylation is 1. The molecule has 146 valence electrons. The highest BCUT2D eigenvalue weighted by Crippen LogP contribution is 2.44. The lowest BCUT2D eigenvalue weighted by Crippen LogP contribution is -2.25. The second-order valence-corrected chi connectivity index (χ2v) is 6.02. The lowest BCUT2D eigenvalue weighted by molar-refractivity contribution is -0.286. The number of ether oxygens (including phenoxy) is 2. The molecular weight excluding hydrogens is 396 g/mol. The number of benzene rings is 1. The molecule has 8 nitrogen and oxygen atoms in total. The number of nitrogens with one attached hydrogen (secondary N) is 1. The number of carbonyl (C=O) groups excluding carboxylic acids is 1. The molecule has 0 unspecified atom stereocenters. The van der Waals surface area contributed by atoms with Crippen molar-refractivity contribution in [3.8, 4) is 22.8 Å². The van der Waals surface area contributed by atoms with Gasteiger partial charge in [-0.15, -0.1) is 8.78 Å². The molecule has 0 saturated heterocycles. The molecule has 1 aromatic heterocycles. The Labute approximate surface area is 163 Å². The number of amides is 1. The summed E-state index contributed by atoms with van der Waals surface area (Å²) in [4.78, 5) is 24.2. The quantitative estimate of drug-likeness (QED) is 0.751. The van der Waals surface area contributed by atoms with E-state index in [0.29, 0.717) is 16.8 Å². The van der Waals surface area contributed by atoms with Crippen molar-refractivity contribution in [1.29, 1.82) is 0 Å². The fourth-order valence-electron chi connectivity index (χ4n) is 2.48. The molecule has 3 rings (SSSR count). The summed E-state index contributed by atoms with van der Waals surface area (Å²) in [5.74, 6) is -0.629. The van der Waals surface area contributed by atoms with E-state index in [4.69, 9.17) is 17.3 Å². The molecule has 1 aliphatic heterocycles. The van der Waals surface area contributed by atoms with Gasteiger partial charge in [-0.05, 0) is 24.6 Å². The van der Waals surface area contributed by atoms with Gasteiger partial charge >= 0.3 is 6.29 Å². The van der Waals surface area contributed by atoms with Crippen LogP contribution in [0.5, 0.6) is 11.5 Å². The van der Waals surface area contributed by atoms with Crippen LogP contribution in [0.4, 0.5) is 14.6 Å². The first-order chi connectivity index (χ1) is 13.2. The van der Waals surface area contributed by atoms with Gasteiger partial charge in [0.2, 0.25) is 0 Å². The lowest BCUT2D eigenvalue weighted by atomic mass is 10.1. The molecule has 0 radical (unpaired) electrons. The van der Waals surface area contributed by atoms with Gasteiger partial charge in [-0.2, -0.15) is 0 Å². The Morgan fingerprint density at radius 3 is 2.54 bits per heavy atom. The number of fused-ring (bicyclic) bond motifs is 1. The maximum atomic E-state index is 13.2. The summed E-state index contributed by atoms with van der Waals surface area (Å²) in [5, 5.41) is 2.47. The van der Waals surface area contributed by atoms with Crippen LogP contribution in [0.25, 0.3) is 11.3 Å². The molecule has 2 heterocycles. The second-order valence-electron chi connectivity index (χ2n) is 5.61. The average molecular weight is 410 g/mol. The SMILES string of the molecule is CN=C(C(=O)Nc1cnc(-c2cc3c(cc2C)OC(F)(F)O3)cn1)/C(Cl)=C\N. The van der Waals surface area contributed by atoms with E-state index < -0.39 is 12.2 Å². The third-order valence-electron chi connectivity index (χ3n) is 3.73. The van der Waals surface area contributed by atoms with Crippen LogP contribution < -0.4 is 20.5 Å². The van der Waals surface area contributed by atoms with Crippen LogP contribution >= 0.6 is 11.6 Å². The highest BCUT2D eigenvalue weighted by Gasteiger charge is 2.43. The molecule has 0 atom stereocenters. The first-order valence-electron chi connectivity index (χ1n) is 7.83. The normalized spacial score (nSPS) is 15.5. The first kappa shape index (κ1) is 19.5. The van der Waals surface area contributed by atoms with Crippen LogP contribution in [0.15, 0.2) is 40.8 Å². The number of carbonyl (C=O) groups is 1. The first-order valence-corrected chi connectivity index (χ1v) is 8.20. The fourth-order valence-corrected chi connectivity index (χ4v) is 2.65. The van der Waals surface area contributed by atoms with E-state index >= 15 is 0 Å². The molecule has 0 aliphatic carbocycles. The van der Waals surface area contributed by atoms with Gasteiger partial charge in [-0.1, -0.05) is 11.6 Å². The number of nitrogens with zero attached hydrogens (tertiary/aromatic N) is 3. The number of aromatic nitrogens is 2. The molecule has 3 N–H and O–H groups in total. The summed E-state index contributed by atoms with van der Waals surface area (Å²) in [6.45, 7) is 1.71. The van der Waals surface area contributed by atoms with Gasteiger partial charge in [0.25, 0.3) is 5.91 Å². The number of hydrogen-bond acceptors (Lipinski definition) is 7. The standard InChI is InChI=1S/C17H14ClF2N5O3/c1-8-3-12-13(28-17(19,20)27-12)4-9(8)11-6-24-14(7-23-11)25-16(26)15(22-2)10(18)5-21/h3-7H,21H2,1-2H3,(H,24,25,26)/b10-5+,22-15?. The number of hydrogen-bond donors (Lipinski definition) is 2. The van der Waals surface area contributed by atoms with Gasteiger partial charge in [-0.3, -0.25) is 14.8 Å². The van der Waals surface area contributed by atoms with Crippen molar-refractivity contribution >= 4 is 29.0 Å². The van der Waals surface area contributed by atoms with Gasteiger partial charge in [0.05, 0.1) is 23.1 Å². The van der Waals surface area contributed by atoms with Crippen molar-refractivity contribution in [3.63, 3.8) is 0 Å². The maximum Gasteiger partial charge on any atom is 0.586 e. The summed E-state index contributed by atoms with van der Waals surface area (Å²) in [6, 6.07) is 2.82. The molecule has 0 spiro atoms. The third-order valence-corrected chi connectivity index (χ3v) is 4.03.